The van der Waals surface area contributed by atoms with Crippen LogP contribution in [0.1, 0.15) is 363 Å². The summed E-state index contributed by atoms with van der Waals surface area (Å²) >= 11 is 0. The monoisotopic (exact) mass is 1320 g/mol. The molecule has 19 heteroatoms. The summed E-state index contributed by atoms with van der Waals surface area (Å²) in [6.07, 6.45) is 48.8. The Morgan fingerprint density at radius 3 is 0.756 bits per heavy atom. The van der Waals surface area contributed by atoms with Crippen molar-refractivity contribution >= 4 is 39.5 Å². The lowest BCUT2D eigenvalue weighted by atomic mass is 10.0. The second-order valence-corrected chi connectivity index (χ2v) is 29.5. The van der Waals surface area contributed by atoms with E-state index < -0.39 is 97.5 Å². The number of rotatable bonds is 70. The summed E-state index contributed by atoms with van der Waals surface area (Å²) in [4.78, 5) is 72.4. The fourth-order valence-corrected chi connectivity index (χ4v) is 12.3. The van der Waals surface area contributed by atoms with Crippen molar-refractivity contribution < 1.29 is 80.2 Å². The van der Waals surface area contributed by atoms with Crippen molar-refractivity contribution in [3.8, 4) is 0 Å². The lowest BCUT2D eigenvalue weighted by Crippen LogP contribution is -2.30. The van der Waals surface area contributed by atoms with Gasteiger partial charge in [0.2, 0.25) is 0 Å². The molecule has 0 aliphatic rings. The average Bonchev–Trinajstić information content (AvgIpc) is 3.71. The normalized spacial score (nSPS) is 14.1. The zero-order chi connectivity index (χ0) is 66.5. The van der Waals surface area contributed by atoms with E-state index in [9.17, 15) is 43.2 Å². The number of aliphatic hydroxyl groups excluding tert-OH is 1. The van der Waals surface area contributed by atoms with Gasteiger partial charge in [-0.1, -0.05) is 311 Å². The number of unbranched alkanes of at least 4 members (excludes halogenated alkanes) is 40. The van der Waals surface area contributed by atoms with E-state index in [2.05, 4.69) is 41.5 Å². The fourth-order valence-electron chi connectivity index (χ4n) is 10.8. The molecule has 0 heterocycles. The minimum Gasteiger partial charge on any atom is -0.462 e. The molecule has 0 saturated heterocycles. The molecule has 0 aromatic rings. The molecule has 534 valence electrons. The van der Waals surface area contributed by atoms with Gasteiger partial charge in [0.25, 0.3) is 0 Å². The fraction of sp³-hybridized carbons (Fsp3) is 0.944. The molecule has 0 radical (unpaired) electrons. The molecule has 0 saturated carbocycles. The maximum Gasteiger partial charge on any atom is 0.472 e. The number of hydrogen-bond acceptors (Lipinski definition) is 15. The van der Waals surface area contributed by atoms with E-state index in [-0.39, 0.29) is 25.7 Å². The predicted octanol–water partition coefficient (Wildman–Crippen LogP) is 20.4. The van der Waals surface area contributed by atoms with Gasteiger partial charge in [-0.25, -0.2) is 9.13 Å². The maximum atomic E-state index is 13.0. The number of phosphoric acid groups is 2. The Hall–Kier alpha value is -1.94. The second kappa shape index (κ2) is 63.1. The first-order valence-electron chi connectivity index (χ1n) is 37.0. The molecule has 90 heavy (non-hydrogen) atoms. The van der Waals surface area contributed by atoms with Crippen molar-refractivity contribution in [3.05, 3.63) is 0 Å². The van der Waals surface area contributed by atoms with Crippen LogP contribution < -0.4 is 0 Å². The van der Waals surface area contributed by atoms with Gasteiger partial charge >= 0.3 is 39.5 Å². The Bertz CT molecular complexity index is 1750. The molecule has 0 aromatic carbocycles. The molecule has 0 aliphatic carbocycles. The highest BCUT2D eigenvalue weighted by molar-refractivity contribution is 7.47. The summed E-state index contributed by atoms with van der Waals surface area (Å²) in [6, 6.07) is 0. The number of aliphatic hydroxyl groups is 1. The quantitative estimate of drug-likeness (QED) is 0.0222. The van der Waals surface area contributed by atoms with E-state index >= 15 is 0 Å². The summed E-state index contributed by atoms with van der Waals surface area (Å²) in [5.74, 6) is -0.648. The highest BCUT2D eigenvalue weighted by atomic mass is 31.2. The summed E-state index contributed by atoms with van der Waals surface area (Å²) in [5, 5.41) is 10.6. The van der Waals surface area contributed by atoms with Gasteiger partial charge in [-0.05, 0) is 37.5 Å². The molecule has 5 atom stereocenters. The van der Waals surface area contributed by atoms with Crippen LogP contribution in [0.5, 0.6) is 0 Å². The summed E-state index contributed by atoms with van der Waals surface area (Å²) in [6.45, 7) is 9.47. The average molecular weight is 1330 g/mol. The molecule has 0 spiro atoms. The number of carbonyl (C=O) groups is 4. The van der Waals surface area contributed by atoms with Crippen LogP contribution >= 0.6 is 15.6 Å². The lowest BCUT2D eigenvalue weighted by molar-refractivity contribution is -0.161. The largest absolute Gasteiger partial charge is 0.472 e. The van der Waals surface area contributed by atoms with Crippen molar-refractivity contribution in [2.75, 3.05) is 39.6 Å². The molecule has 0 rings (SSSR count). The molecule has 0 bridgehead atoms. The van der Waals surface area contributed by atoms with Crippen LogP contribution in [0, 0.1) is 11.8 Å². The molecular weight excluding hydrogens is 1190 g/mol. The first-order valence-corrected chi connectivity index (χ1v) is 40.0. The van der Waals surface area contributed by atoms with Crippen molar-refractivity contribution in [2.24, 2.45) is 11.8 Å². The first kappa shape index (κ1) is 88.1. The Kier molecular flexibility index (Phi) is 61.8. The molecular formula is C71H138O17P2. The van der Waals surface area contributed by atoms with Crippen molar-refractivity contribution in [1.82, 2.24) is 0 Å². The van der Waals surface area contributed by atoms with Gasteiger partial charge < -0.3 is 33.8 Å². The molecule has 0 fully saturated rings. The van der Waals surface area contributed by atoms with Gasteiger partial charge in [-0.15, -0.1) is 0 Å². The third kappa shape index (κ3) is 64.8. The van der Waals surface area contributed by atoms with Crippen LogP contribution in [0.2, 0.25) is 0 Å². The molecule has 17 nitrogen and oxygen atoms in total. The van der Waals surface area contributed by atoms with Gasteiger partial charge in [0, 0.05) is 25.7 Å². The molecule has 0 amide bonds. The Labute approximate surface area is 549 Å². The smallest absolute Gasteiger partial charge is 0.462 e. The number of ether oxygens (including phenoxy) is 4. The zero-order valence-electron chi connectivity index (χ0n) is 58.4. The predicted molar refractivity (Wildman–Crippen MR) is 363 cm³/mol. The second-order valence-electron chi connectivity index (χ2n) is 26.6. The topological polar surface area (TPSA) is 237 Å². The first-order chi connectivity index (χ1) is 43.4. The van der Waals surface area contributed by atoms with Crippen molar-refractivity contribution in [1.29, 1.82) is 0 Å². The zero-order valence-corrected chi connectivity index (χ0v) is 60.2. The Balaban J connectivity index is 5.18. The van der Waals surface area contributed by atoms with Crippen LogP contribution in [0.25, 0.3) is 0 Å². The molecule has 2 unspecified atom stereocenters. The van der Waals surface area contributed by atoms with Crippen molar-refractivity contribution in [2.45, 2.75) is 381 Å². The van der Waals surface area contributed by atoms with E-state index in [1.54, 1.807) is 0 Å². The Morgan fingerprint density at radius 2 is 0.511 bits per heavy atom. The summed E-state index contributed by atoms with van der Waals surface area (Å²) < 4.78 is 68.2. The molecule has 3 N–H and O–H groups in total. The van der Waals surface area contributed by atoms with Gasteiger partial charge in [-0.2, -0.15) is 0 Å². The van der Waals surface area contributed by atoms with Gasteiger partial charge in [0.1, 0.15) is 19.3 Å². The van der Waals surface area contributed by atoms with Gasteiger partial charge in [0.15, 0.2) is 12.2 Å². The van der Waals surface area contributed by atoms with Crippen LogP contribution in [0.4, 0.5) is 0 Å². The third-order valence-electron chi connectivity index (χ3n) is 16.5. The van der Waals surface area contributed by atoms with Crippen LogP contribution in [0.15, 0.2) is 0 Å². The van der Waals surface area contributed by atoms with E-state index in [4.69, 9.17) is 37.0 Å². The number of phosphoric ester groups is 2. The minimum absolute atomic E-state index is 0.105. The maximum absolute atomic E-state index is 13.0. The van der Waals surface area contributed by atoms with E-state index in [0.29, 0.717) is 25.7 Å². The minimum atomic E-state index is -4.95. The van der Waals surface area contributed by atoms with E-state index in [1.807, 2.05) is 0 Å². The van der Waals surface area contributed by atoms with Crippen LogP contribution in [-0.2, 0) is 65.4 Å². The third-order valence-corrected chi connectivity index (χ3v) is 18.4. The summed E-state index contributed by atoms with van der Waals surface area (Å²) in [5.41, 5.74) is 0. The highest BCUT2D eigenvalue weighted by Gasteiger charge is 2.30. The van der Waals surface area contributed by atoms with Gasteiger partial charge in [0.05, 0.1) is 26.4 Å². The van der Waals surface area contributed by atoms with E-state index in [0.717, 1.165) is 115 Å². The number of esters is 4. The Morgan fingerprint density at radius 1 is 0.300 bits per heavy atom. The number of carbonyl (C=O) groups excluding carboxylic acids is 4. The SMILES string of the molecule is CCCCCCCCCCCCCCCCCCCCCC(=O)O[C@H](COC(=O)CCCCCCCCCCCC(C)C)COP(=O)(O)OC[C@@H](O)COP(=O)(O)OC[C@@H](COC(=O)CCCCCCCCC)OC(=O)CCCCCCCCCCCC(C)C. The highest BCUT2D eigenvalue weighted by Crippen LogP contribution is 2.45. The summed E-state index contributed by atoms with van der Waals surface area (Å²) in [7, 11) is -9.90. The van der Waals surface area contributed by atoms with Crippen LogP contribution in [0.3, 0.4) is 0 Å². The molecule has 0 aliphatic heterocycles. The lowest BCUT2D eigenvalue weighted by Gasteiger charge is -2.21. The standard InChI is InChI=1S/C71H138O17P2/c1-7-9-11-13-15-16-17-18-19-20-21-22-23-24-25-30-37-43-49-55-70(75)88-67(60-82-69(74)54-48-42-36-31-26-28-34-39-45-51-63(3)4)62-86-90(79,80)84-58-65(72)57-83-89(77,78)85-61-66(59-81-68(73)53-47-41-33-14-12-10-8-2)87-71(76)56-50-44-38-32-27-29-35-40-46-52-64(5)6/h63-67,72H,7-62H2,1-6H3,(H,77,78)(H,79,80)/t65-,66+,67+/m0/s1. The molecule has 0 aromatic heterocycles. The van der Waals surface area contributed by atoms with E-state index in [1.165, 1.54) is 167 Å². The number of hydrogen-bond donors (Lipinski definition) is 3. The van der Waals surface area contributed by atoms with Gasteiger partial charge in [-0.3, -0.25) is 37.3 Å². The van der Waals surface area contributed by atoms with Crippen molar-refractivity contribution in [3.63, 3.8) is 0 Å². The van der Waals surface area contributed by atoms with Crippen LogP contribution in [-0.4, -0.2) is 96.7 Å².